The van der Waals surface area contributed by atoms with Crippen molar-refractivity contribution in [3.05, 3.63) is 63.9 Å². The van der Waals surface area contributed by atoms with Crippen molar-refractivity contribution in [3.63, 3.8) is 0 Å². The van der Waals surface area contributed by atoms with Crippen LogP contribution in [0.15, 0.2) is 47.6 Å². The maximum atomic E-state index is 12.3. The van der Waals surface area contributed by atoms with Gasteiger partial charge in [-0.2, -0.15) is 0 Å². The minimum absolute atomic E-state index is 0.212. The maximum absolute atomic E-state index is 12.3. The number of hydrogen-bond donors (Lipinski definition) is 2. The van der Waals surface area contributed by atoms with Crippen molar-refractivity contribution in [3.8, 4) is 0 Å². The summed E-state index contributed by atoms with van der Waals surface area (Å²) in [5.41, 5.74) is 3.12. The zero-order chi connectivity index (χ0) is 18.8. The van der Waals surface area contributed by atoms with Crippen LogP contribution in [0.5, 0.6) is 0 Å². The molecule has 1 aliphatic heterocycles. The van der Waals surface area contributed by atoms with Gasteiger partial charge in [-0.1, -0.05) is 46.6 Å². The van der Waals surface area contributed by atoms with Crippen LogP contribution in [0.3, 0.4) is 0 Å². The molecule has 0 fully saturated rings. The maximum Gasteiger partial charge on any atom is 0.269 e. The topological polar surface area (TPSA) is 79.4 Å². The van der Waals surface area contributed by atoms with Crippen molar-refractivity contribution in [1.29, 1.82) is 0 Å². The quantitative estimate of drug-likeness (QED) is 0.679. The summed E-state index contributed by atoms with van der Waals surface area (Å²) in [6.45, 7) is 0.336. The first-order chi connectivity index (χ1) is 13.1. The minimum Gasteiger partial charge on any atom is -0.391 e. The van der Waals surface area contributed by atoms with E-state index in [-0.39, 0.29) is 12.0 Å². The molecule has 2 aromatic carbocycles. The molecule has 8 heteroatoms. The van der Waals surface area contributed by atoms with E-state index >= 15 is 0 Å². The SMILES string of the molecule is O=C(NCc1ccc(Cl)c(Cl)c1)C1=NO[C@@H](Cc2nc3ccccc3[nH]2)C1. The second-order valence-electron chi connectivity index (χ2n) is 6.31. The molecule has 0 saturated heterocycles. The van der Waals surface area contributed by atoms with Crippen molar-refractivity contribution in [2.45, 2.75) is 25.5 Å². The lowest BCUT2D eigenvalue weighted by atomic mass is 10.1. The second-order valence-corrected chi connectivity index (χ2v) is 7.12. The molecule has 0 aliphatic carbocycles. The Morgan fingerprint density at radius 1 is 1.22 bits per heavy atom. The van der Waals surface area contributed by atoms with Crippen LogP contribution < -0.4 is 5.32 Å². The Hall–Kier alpha value is -2.57. The van der Waals surface area contributed by atoms with Crippen molar-refractivity contribution in [2.75, 3.05) is 0 Å². The van der Waals surface area contributed by atoms with Crippen LogP contribution in [0, 0.1) is 0 Å². The van der Waals surface area contributed by atoms with Crippen LogP contribution in [0.2, 0.25) is 10.0 Å². The number of imidazole rings is 1. The van der Waals surface area contributed by atoms with E-state index < -0.39 is 0 Å². The number of hydrogen-bond acceptors (Lipinski definition) is 4. The Kier molecular flexibility index (Phi) is 5.01. The van der Waals surface area contributed by atoms with Crippen LogP contribution in [0.25, 0.3) is 11.0 Å². The molecule has 0 spiro atoms. The predicted octanol–water partition coefficient (Wildman–Crippen LogP) is 3.87. The van der Waals surface area contributed by atoms with Gasteiger partial charge in [-0.15, -0.1) is 0 Å². The van der Waals surface area contributed by atoms with E-state index in [9.17, 15) is 4.79 Å². The largest absolute Gasteiger partial charge is 0.391 e. The van der Waals surface area contributed by atoms with E-state index in [2.05, 4.69) is 20.4 Å². The van der Waals surface area contributed by atoms with E-state index in [1.54, 1.807) is 12.1 Å². The number of rotatable bonds is 5. The first kappa shape index (κ1) is 17.8. The standard InChI is InChI=1S/C19H16Cl2N4O2/c20-13-6-5-11(7-14(13)21)10-22-19(26)17-8-12(27-25-17)9-18-23-15-3-1-2-4-16(15)24-18/h1-7,12H,8-10H2,(H,22,26)(H,23,24)/t12-/m1/s1. The molecular formula is C19H16Cl2N4O2. The van der Waals surface area contributed by atoms with Gasteiger partial charge in [-0.05, 0) is 29.8 Å². The van der Waals surface area contributed by atoms with Gasteiger partial charge in [0.15, 0.2) is 0 Å². The van der Waals surface area contributed by atoms with Crippen LogP contribution in [0.1, 0.15) is 17.8 Å². The van der Waals surface area contributed by atoms with Crippen molar-refractivity contribution >= 4 is 45.9 Å². The molecule has 0 bridgehead atoms. The summed E-state index contributed by atoms with van der Waals surface area (Å²) in [7, 11) is 0. The van der Waals surface area contributed by atoms with Crippen LogP contribution in [-0.4, -0.2) is 27.7 Å². The average Bonchev–Trinajstić information content (AvgIpc) is 3.29. The summed E-state index contributed by atoms with van der Waals surface area (Å²) in [6.07, 6.45) is 0.780. The minimum atomic E-state index is -0.256. The number of halogens is 2. The Morgan fingerprint density at radius 2 is 2.07 bits per heavy atom. The summed E-state index contributed by atoms with van der Waals surface area (Å²) in [6, 6.07) is 13.1. The summed E-state index contributed by atoms with van der Waals surface area (Å²) < 4.78 is 0. The summed E-state index contributed by atoms with van der Waals surface area (Å²) in [4.78, 5) is 25.5. The molecule has 4 rings (SSSR count). The molecule has 1 aliphatic rings. The monoisotopic (exact) mass is 402 g/mol. The van der Waals surface area contributed by atoms with Gasteiger partial charge in [0.2, 0.25) is 0 Å². The fourth-order valence-corrected chi connectivity index (χ4v) is 3.24. The fraction of sp³-hybridized carbons (Fsp3) is 0.211. The Morgan fingerprint density at radius 3 is 2.89 bits per heavy atom. The van der Waals surface area contributed by atoms with E-state index in [1.165, 1.54) is 0 Å². The Balaban J connectivity index is 1.31. The highest BCUT2D eigenvalue weighted by atomic mass is 35.5. The van der Waals surface area contributed by atoms with Crippen LogP contribution in [-0.2, 0) is 22.6 Å². The van der Waals surface area contributed by atoms with E-state index in [0.29, 0.717) is 35.1 Å². The van der Waals surface area contributed by atoms with E-state index in [4.69, 9.17) is 28.0 Å². The predicted molar refractivity (Wildman–Crippen MR) is 105 cm³/mol. The van der Waals surface area contributed by atoms with E-state index in [1.807, 2.05) is 30.3 Å². The van der Waals surface area contributed by atoms with Gasteiger partial charge in [-0.3, -0.25) is 4.79 Å². The van der Waals surface area contributed by atoms with Gasteiger partial charge in [0, 0.05) is 19.4 Å². The first-order valence-corrected chi connectivity index (χ1v) is 9.22. The van der Waals surface area contributed by atoms with Crippen molar-refractivity contribution < 1.29 is 9.63 Å². The molecule has 0 unspecified atom stereocenters. The zero-order valence-corrected chi connectivity index (χ0v) is 15.7. The number of oxime groups is 1. The zero-order valence-electron chi connectivity index (χ0n) is 14.2. The number of nitrogens with zero attached hydrogens (tertiary/aromatic N) is 2. The third kappa shape index (κ3) is 4.07. The molecule has 2 heterocycles. The molecule has 3 aromatic rings. The Labute approximate surface area is 165 Å². The number of para-hydroxylation sites is 2. The molecule has 27 heavy (non-hydrogen) atoms. The third-order valence-corrected chi connectivity index (χ3v) is 5.03. The highest BCUT2D eigenvalue weighted by Crippen LogP contribution is 2.22. The average molecular weight is 403 g/mol. The molecule has 6 nitrogen and oxygen atoms in total. The molecule has 0 radical (unpaired) electrons. The smallest absolute Gasteiger partial charge is 0.269 e. The fourth-order valence-electron chi connectivity index (χ4n) is 2.92. The molecule has 1 atom stereocenters. The molecule has 2 N–H and O–H groups in total. The number of nitrogens with one attached hydrogen (secondary N) is 2. The number of fused-ring (bicyclic) bond motifs is 1. The van der Waals surface area contributed by atoms with Gasteiger partial charge in [0.05, 0.1) is 21.1 Å². The first-order valence-electron chi connectivity index (χ1n) is 8.47. The highest BCUT2D eigenvalue weighted by Gasteiger charge is 2.27. The molecule has 138 valence electrons. The molecular weight excluding hydrogens is 387 g/mol. The molecule has 0 saturated carbocycles. The van der Waals surface area contributed by atoms with Crippen molar-refractivity contribution in [2.24, 2.45) is 5.16 Å². The highest BCUT2D eigenvalue weighted by molar-refractivity contribution is 6.42. The van der Waals surface area contributed by atoms with E-state index in [0.717, 1.165) is 22.4 Å². The second kappa shape index (κ2) is 7.58. The number of carbonyl (C=O) groups excluding carboxylic acids is 1. The summed E-state index contributed by atoms with van der Waals surface area (Å²) >= 11 is 11.9. The van der Waals surface area contributed by atoms with Gasteiger partial charge in [-0.25, -0.2) is 4.98 Å². The Bertz CT molecular complexity index is 998. The number of aromatic nitrogens is 2. The van der Waals surface area contributed by atoms with Gasteiger partial charge < -0.3 is 15.1 Å². The van der Waals surface area contributed by atoms with Gasteiger partial charge in [0.1, 0.15) is 17.6 Å². The number of carbonyl (C=O) groups is 1. The van der Waals surface area contributed by atoms with Crippen molar-refractivity contribution in [1.82, 2.24) is 15.3 Å². The lowest BCUT2D eigenvalue weighted by Gasteiger charge is -2.06. The number of benzene rings is 2. The van der Waals surface area contributed by atoms with Crippen LogP contribution >= 0.6 is 23.2 Å². The lowest BCUT2D eigenvalue weighted by molar-refractivity contribution is -0.115. The molecule has 1 aromatic heterocycles. The summed E-state index contributed by atoms with van der Waals surface area (Å²) in [5, 5.41) is 7.68. The normalized spacial score (nSPS) is 16.2. The number of amides is 1. The van der Waals surface area contributed by atoms with Gasteiger partial charge >= 0.3 is 0 Å². The number of aromatic amines is 1. The number of H-pyrrole nitrogens is 1. The third-order valence-electron chi connectivity index (χ3n) is 4.29. The molecule has 1 amide bonds. The van der Waals surface area contributed by atoms with Gasteiger partial charge in [0.25, 0.3) is 5.91 Å². The lowest BCUT2D eigenvalue weighted by Crippen LogP contribution is -2.30. The van der Waals surface area contributed by atoms with Crippen LogP contribution in [0.4, 0.5) is 0 Å². The summed E-state index contributed by atoms with van der Waals surface area (Å²) in [5.74, 6) is 0.557.